The van der Waals surface area contributed by atoms with Crippen molar-refractivity contribution in [2.24, 2.45) is 5.92 Å². The summed E-state index contributed by atoms with van der Waals surface area (Å²) in [5.41, 5.74) is 0.217. The summed E-state index contributed by atoms with van der Waals surface area (Å²) in [7, 11) is -3.27. The second-order valence-corrected chi connectivity index (χ2v) is 8.39. The fourth-order valence-corrected chi connectivity index (χ4v) is 3.97. The van der Waals surface area contributed by atoms with Gasteiger partial charge in [-0.2, -0.15) is 0 Å². The van der Waals surface area contributed by atoms with Crippen LogP contribution in [0.4, 0.5) is 5.69 Å². The molecule has 2 N–H and O–H groups in total. The molecule has 0 heterocycles. The molecule has 1 fully saturated rings. The Morgan fingerprint density at radius 3 is 2.48 bits per heavy atom. The Kier molecular flexibility index (Phi) is 4.94. The van der Waals surface area contributed by atoms with Gasteiger partial charge in [0.15, 0.2) is 9.84 Å². The molecule has 1 aliphatic carbocycles. The van der Waals surface area contributed by atoms with Crippen molar-refractivity contribution in [3.05, 3.63) is 24.3 Å². The van der Waals surface area contributed by atoms with Gasteiger partial charge in [0.2, 0.25) is 0 Å². The smallest absolute Gasteiger partial charge is 0.180 e. The summed E-state index contributed by atoms with van der Waals surface area (Å²) < 4.78 is 24.4. The van der Waals surface area contributed by atoms with Gasteiger partial charge in [0.05, 0.1) is 28.5 Å². The zero-order valence-corrected chi connectivity index (χ0v) is 13.6. The van der Waals surface area contributed by atoms with Crippen LogP contribution in [0.15, 0.2) is 29.2 Å². The fraction of sp³-hybridized carbons (Fsp3) is 0.625. The van der Waals surface area contributed by atoms with Crippen LogP contribution >= 0.6 is 0 Å². The van der Waals surface area contributed by atoms with E-state index in [9.17, 15) is 13.5 Å². The Morgan fingerprint density at radius 2 is 1.90 bits per heavy atom. The Labute approximate surface area is 127 Å². The second kappa shape index (κ2) is 6.36. The number of aliphatic hydroxyl groups excluding tert-OH is 1. The Morgan fingerprint density at radius 1 is 1.29 bits per heavy atom. The molecule has 0 amide bonds. The van der Waals surface area contributed by atoms with E-state index in [1.54, 1.807) is 25.1 Å². The van der Waals surface area contributed by atoms with Crippen LogP contribution < -0.4 is 5.32 Å². The predicted molar refractivity (Wildman–Crippen MR) is 85.2 cm³/mol. The second-order valence-electron chi connectivity index (χ2n) is 6.15. The number of sulfone groups is 1. The number of aliphatic hydroxyl groups is 1. The fourth-order valence-electron chi connectivity index (χ4n) is 2.92. The molecular formula is C16H25NO3S. The van der Waals surface area contributed by atoms with Gasteiger partial charge in [0.25, 0.3) is 0 Å². The first-order chi connectivity index (χ1) is 9.92. The molecule has 1 saturated carbocycles. The first-order valence-corrected chi connectivity index (χ1v) is 9.28. The monoisotopic (exact) mass is 311 g/mol. The molecule has 0 bridgehead atoms. The van der Waals surface area contributed by atoms with Gasteiger partial charge in [-0.3, -0.25) is 0 Å². The van der Waals surface area contributed by atoms with Gasteiger partial charge >= 0.3 is 0 Å². The maximum Gasteiger partial charge on any atom is 0.180 e. The minimum Gasteiger partial charge on any atom is -0.394 e. The predicted octanol–water partition coefficient (Wildman–Crippen LogP) is 2.83. The highest BCUT2D eigenvalue weighted by atomic mass is 32.2. The van der Waals surface area contributed by atoms with E-state index in [4.69, 9.17) is 0 Å². The van der Waals surface area contributed by atoms with Crippen molar-refractivity contribution in [3.63, 3.8) is 0 Å². The van der Waals surface area contributed by atoms with Crippen LogP contribution in [0, 0.1) is 5.92 Å². The number of hydrogen-bond donors (Lipinski definition) is 2. The van der Waals surface area contributed by atoms with Crippen molar-refractivity contribution >= 4 is 15.5 Å². The van der Waals surface area contributed by atoms with Gasteiger partial charge in [0.1, 0.15) is 0 Å². The maximum atomic E-state index is 12.2. The SMILES string of the molecule is CCS(=O)(=O)c1ccccc1NC1(CO)CCC(C)CC1. The highest BCUT2D eigenvalue weighted by Gasteiger charge is 2.34. The Balaban J connectivity index is 2.31. The third-order valence-electron chi connectivity index (χ3n) is 4.54. The molecule has 0 aromatic heterocycles. The maximum absolute atomic E-state index is 12.2. The van der Waals surface area contributed by atoms with Gasteiger partial charge in [-0.1, -0.05) is 26.0 Å². The minimum atomic E-state index is -3.27. The van der Waals surface area contributed by atoms with E-state index < -0.39 is 15.4 Å². The third kappa shape index (κ3) is 3.58. The van der Waals surface area contributed by atoms with Crippen LogP contribution in [0.2, 0.25) is 0 Å². The zero-order valence-electron chi connectivity index (χ0n) is 12.8. The lowest BCUT2D eigenvalue weighted by atomic mass is 9.77. The molecule has 21 heavy (non-hydrogen) atoms. The lowest BCUT2D eigenvalue weighted by molar-refractivity contribution is 0.155. The molecule has 0 spiro atoms. The number of benzene rings is 1. The number of para-hydroxylation sites is 1. The normalized spacial score (nSPS) is 26.5. The number of nitrogens with one attached hydrogen (secondary N) is 1. The van der Waals surface area contributed by atoms with Crippen LogP contribution in [0.5, 0.6) is 0 Å². The quantitative estimate of drug-likeness (QED) is 0.877. The van der Waals surface area contributed by atoms with Crippen molar-refractivity contribution in [1.82, 2.24) is 0 Å². The van der Waals surface area contributed by atoms with Crippen LogP contribution in [-0.2, 0) is 9.84 Å². The standard InChI is InChI=1S/C16H25NO3S/c1-3-21(19,20)15-7-5-4-6-14(15)17-16(12-18)10-8-13(2)9-11-16/h4-7,13,17-18H,3,8-12H2,1-2H3. The Bertz CT molecular complexity index is 575. The van der Waals surface area contributed by atoms with Crippen molar-refractivity contribution in [2.45, 2.75) is 50.0 Å². The topological polar surface area (TPSA) is 66.4 Å². The molecule has 0 aliphatic heterocycles. The van der Waals surface area contributed by atoms with Crippen molar-refractivity contribution in [3.8, 4) is 0 Å². The average molecular weight is 311 g/mol. The van der Waals surface area contributed by atoms with Crippen LogP contribution in [0.3, 0.4) is 0 Å². The van der Waals surface area contributed by atoms with Crippen molar-refractivity contribution in [2.75, 3.05) is 17.7 Å². The molecule has 0 atom stereocenters. The van der Waals surface area contributed by atoms with E-state index in [-0.39, 0.29) is 12.4 Å². The summed E-state index contributed by atoms with van der Waals surface area (Å²) in [5.74, 6) is 0.746. The first-order valence-electron chi connectivity index (χ1n) is 7.63. The zero-order chi connectivity index (χ0) is 15.5. The van der Waals surface area contributed by atoms with Crippen molar-refractivity contribution in [1.29, 1.82) is 0 Å². The summed E-state index contributed by atoms with van der Waals surface area (Å²) in [6.07, 6.45) is 3.84. The molecule has 0 saturated heterocycles. The molecule has 4 nitrogen and oxygen atoms in total. The lowest BCUT2D eigenvalue weighted by Crippen LogP contribution is -2.45. The molecule has 0 unspecified atom stereocenters. The van der Waals surface area contributed by atoms with Crippen molar-refractivity contribution < 1.29 is 13.5 Å². The van der Waals surface area contributed by atoms with E-state index in [0.717, 1.165) is 25.7 Å². The molecule has 5 heteroatoms. The molecule has 1 aromatic carbocycles. The molecule has 1 aromatic rings. The van der Waals surface area contributed by atoms with Crippen LogP contribution in [-0.4, -0.2) is 31.4 Å². The summed E-state index contributed by atoms with van der Waals surface area (Å²) in [6.45, 7) is 3.90. The molecular weight excluding hydrogens is 286 g/mol. The number of hydrogen-bond acceptors (Lipinski definition) is 4. The largest absolute Gasteiger partial charge is 0.394 e. The summed E-state index contributed by atoms with van der Waals surface area (Å²) in [5, 5.41) is 13.2. The van der Waals surface area contributed by atoms with E-state index in [2.05, 4.69) is 12.2 Å². The van der Waals surface area contributed by atoms with Gasteiger partial charge in [-0.25, -0.2) is 8.42 Å². The van der Waals surface area contributed by atoms with Crippen LogP contribution in [0.1, 0.15) is 39.5 Å². The van der Waals surface area contributed by atoms with E-state index >= 15 is 0 Å². The summed E-state index contributed by atoms with van der Waals surface area (Å²) in [6, 6.07) is 6.99. The molecule has 0 radical (unpaired) electrons. The number of rotatable bonds is 5. The lowest BCUT2D eigenvalue weighted by Gasteiger charge is -2.40. The van der Waals surface area contributed by atoms with Gasteiger partial charge < -0.3 is 10.4 Å². The molecule has 118 valence electrons. The average Bonchev–Trinajstić information content (AvgIpc) is 2.50. The highest BCUT2D eigenvalue weighted by molar-refractivity contribution is 7.91. The van der Waals surface area contributed by atoms with Gasteiger partial charge in [0, 0.05) is 0 Å². The molecule has 2 rings (SSSR count). The van der Waals surface area contributed by atoms with E-state index in [1.165, 1.54) is 0 Å². The van der Waals surface area contributed by atoms with Gasteiger partial charge in [-0.05, 0) is 43.7 Å². The number of anilines is 1. The van der Waals surface area contributed by atoms with E-state index in [1.807, 2.05) is 6.07 Å². The summed E-state index contributed by atoms with van der Waals surface area (Å²) >= 11 is 0. The summed E-state index contributed by atoms with van der Waals surface area (Å²) in [4.78, 5) is 0.332. The first kappa shape index (κ1) is 16.3. The highest BCUT2D eigenvalue weighted by Crippen LogP contribution is 2.36. The van der Waals surface area contributed by atoms with Crippen LogP contribution in [0.25, 0.3) is 0 Å². The Hall–Kier alpha value is -1.07. The van der Waals surface area contributed by atoms with Gasteiger partial charge in [-0.15, -0.1) is 0 Å². The van der Waals surface area contributed by atoms with E-state index in [0.29, 0.717) is 16.5 Å². The molecule has 1 aliphatic rings. The third-order valence-corrected chi connectivity index (χ3v) is 6.32. The minimum absolute atomic E-state index is 0.0280.